The van der Waals surface area contributed by atoms with E-state index in [1.807, 2.05) is 6.20 Å². The van der Waals surface area contributed by atoms with Crippen LogP contribution in [0, 0.1) is 16.0 Å². The standard InChI is InChI=1S/C16H18N2O4/c1-16(2)12-5-8-14(17(16)10-9-12)22-15(19)11-3-6-13(7-4-11)18(20)21/h3-4,6-7,9-10,12,14H,5,8H2,1-2H3/t12-,14+/m0/s1. The van der Waals surface area contributed by atoms with Crippen LogP contribution in [0.5, 0.6) is 0 Å². The van der Waals surface area contributed by atoms with Crippen LogP contribution in [0.15, 0.2) is 36.5 Å². The van der Waals surface area contributed by atoms with Gasteiger partial charge in [-0.2, -0.15) is 0 Å². The third kappa shape index (κ3) is 2.34. The number of benzene rings is 1. The quantitative estimate of drug-likeness (QED) is 0.487. The first kappa shape index (κ1) is 14.6. The summed E-state index contributed by atoms with van der Waals surface area (Å²) in [4.78, 5) is 24.5. The fourth-order valence-electron chi connectivity index (χ4n) is 3.22. The molecule has 0 radical (unpaired) electrons. The molecule has 2 atom stereocenters. The molecule has 22 heavy (non-hydrogen) atoms. The molecule has 1 aromatic rings. The molecule has 1 fully saturated rings. The number of carbonyl (C=O) groups excluding carboxylic acids is 1. The number of nitro groups is 1. The maximum absolute atomic E-state index is 12.2. The van der Waals surface area contributed by atoms with E-state index in [9.17, 15) is 14.9 Å². The molecule has 0 N–H and O–H groups in total. The number of carbonyl (C=O) groups is 1. The van der Waals surface area contributed by atoms with Crippen molar-refractivity contribution in [3.05, 3.63) is 52.2 Å². The molecule has 1 aromatic carbocycles. The lowest BCUT2D eigenvalue weighted by atomic mass is 9.82. The summed E-state index contributed by atoms with van der Waals surface area (Å²) >= 11 is 0. The van der Waals surface area contributed by atoms with Crippen LogP contribution >= 0.6 is 0 Å². The highest BCUT2D eigenvalue weighted by Crippen LogP contribution is 2.42. The first-order valence-corrected chi connectivity index (χ1v) is 7.32. The number of nitro benzene ring substituents is 1. The van der Waals surface area contributed by atoms with Crippen LogP contribution in [0.1, 0.15) is 37.0 Å². The Bertz CT molecular complexity index is 636. The van der Waals surface area contributed by atoms with Gasteiger partial charge in [0.1, 0.15) is 0 Å². The number of hydrogen-bond acceptors (Lipinski definition) is 5. The predicted molar refractivity (Wildman–Crippen MR) is 80.1 cm³/mol. The molecular formula is C16H18N2O4. The van der Waals surface area contributed by atoms with Crippen LogP contribution in [-0.4, -0.2) is 27.6 Å². The van der Waals surface area contributed by atoms with Gasteiger partial charge < -0.3 is 9.64 Å². The van der Waals surface area contributed by atoms with E-state index in [1.54, 1.807) is 0 Å². The van der Waals surface area contributed by atoms with Gasteiger partial charge >= 0.3 is 5.97 Å². The molecule has 0 aromatic heterocycles. The van der Waals surface area contributed by atoms with E-state index in [4.69, 9.17) is 4.74 Å². The van der Waals surface area contributed by atoms with Crippen molar-refractivity contribution in [2.75, 3.05) is 0 Å². The Morgan fingerprint density at radius 2 is 2.00 bits per heavy atom. The second-order valence-electron chi connectivity index (χ2n) is 6.25. The third-order valence-electron chi connectivity index (χ3n) is 4.64. The minimum atomic E-state index is -0.492. The average Bonchev–Trinajstić information content (AvgIpc) is 2.65. The molecule has 2 bridgehead atoms. The molecule has 2 aliphatic heterocycles. The summed E-state index contributed by atoms with van der Waals surface area (Å²) in [6.45, 7) is 4.28. The second-order valence-corrected chi connectivity index (χ2v) is 6.25. The van der Waals surface area contributed by atoms with Crippen LogP contribution in [0.4, 0.5) is 5.69 Å². The molecule has 0 amide bonds. The van der Waals surface area contributed by atoms with E-state index in [0.29, 0.717) is 11.5 Å². The molecule has 1 saturated heterocycles. The van der Waals surface area contributed by atoms with E-state index in [-0.39, 0.29) is 17.5 Å². The van der Waals surface area contributed by atoms with Crippen molar-refractivity contribution in [3.8, 4) is 0 Å². The molecule has 0 saturated carbocycles. The number of ether oxygens (including phenoxy) is 1. The lowest BCUT2D eigenvalue weighted by molar-refractivity contribution is -0.384. The Balaban J connectivity index is 1.72. The average molecular weight is 302 g/mol. The first-order chi connectivity index (χ1) is 10.4. The first-order valence-electron chi connectivity index (χ1n) is 7.32. The molecule has 116 valence electrons. The van der Waals surface area contributed by atoms with Gasteiger partial charge in [0.2, 0.25) is 0 Å². The molecule has 6 nitrogen and oxygen atoms in total. The third-order valence-corrected chi connectivity index (χ3v) is 4.64. The van der Waals surface area contributed by atoms with Crippen molar-refractivity contribution in [3.63, 3.8) is 0 Å². The van der Waals surface area contributed by atoms with Crippen LogP contribution < -0.4 is 0 Å². The van der Waals surface area contributed by atoms with Crippen LogP contribution in [0.25, 0.3) is 0 Å². The maximum Gasteiger partial charge on any atom is 0.340 e. The highest BCUT2D eigenvalue weighted by molar-refractivity contribution is 5.89. The van der Waals surface area contributed by atoms with Gasteiger partial charge in [0, 0.05) is 30.0 Å². The summed E-state index contributed by atoms with van der Waals surface area (Å²) < 4.78 is 5.61. The maximum atomic E-state index is 12.2. The van der Waals surface area contributed by atoms with Gasteiger partial charge in [0.25, 0.3) is 5.69 Å². The zero-order valence-electron chi connectivity index (χ0n) is 12.6. The van der Waals surface area contributed by atoms with Crippen molar-refractivity contribution in [1.82, 2.24) is 4.90 Å². The molecule has 0 spiro atoms. The lowest BCUT2D eigenvalue weighted by Crippen LogP contribution is -2.52. The normalized spacial score (nSPS) is 25.1. The molecule has 0 aliphatic carbocycles. The highest BCUT2D eigenvalue weighted by atomic mass is 16.6. The summed E-state index contributed by atoms with van der Waals surface area (Å²) in [5.74, 6) is 0.0382. The molecule has 2 heterocycles. The summed E-state index contributed by atoms with van der Waals surface area (Å²) in [5, 5.41) is 10.6. The number of fused-ring (bicyclic) bond motifs is 2. The second kappa shape index (κ2) is 5.12. The van der Waals surface area contributed by atoms with Crippen molar-refractivity contribution in [2.45, 2.75) is 38.5 Å². The van der Waals surface area contributed by atoms with Crippen LogP contribution in [0.3, 0.4) is 0 Å². The van der Waals surface area contributed by atoms with E-state index in [2.05, 4.69) is 24.8 Å². The van der Waals surface area contributed by atoms with Gasteiger partial charge in [-0.05, 0) is 38.6 Å². The van der Waals surface area contributed by atoms with Gasteiger partial charge in [-0.1, -0.05) is 6.08 Å². The molecule has 2 aliphatic rings. The van der Waals surface area contributed by atoms with E-state index in [1.165, 1.54) is 24.3 Å². The Kier molecular flexibility index (Phi) is 3.39. The Morgan fingerprint density at radius 3 is 2.64 bits per heavy atom. The van der Waals surface area contributed by atoms with Gasteiger partial charge in [-0.25, -0.2) is 4.79 Å². The number of nitrogens with zero attached hydrogens (tertiary/aromatic N) is 2. The van der Waals surface area contributed by atoms with E-state index >= 15 is 0 Å². The molecular weight excluding hydrogens is 284 g/mol. The molecule has 6 heteroatoms. The number of non-ortho nitro benzene ring substituents is 1. The fourth-order valence-corrected chi connectivity index (χ4v) is 3.22. The number of esters is 1. The van der Waals surface area contributed by atoms with Crippen molar-refractivity contribution >= 4 is 11.7 Å². The minimum Gasteiger partial charge on any atom is -0.438 e. The van der Waals surface area contributed by atoms with Gasteiger partial charge in [0.05, 0.1) is 10.5 Å². The molecule has 3 rings (SSSR count). The Labute approximate surface area is 128 Å². The van der Waals surface area contributed by atoms with Gasteiger partial charge in [0.15, 0.2) is 6.23 Å². The minimum absolute atomic E-state index is 0.0410. The van der Waals surface area contributed by atoms with Crippen LogP contribution in [0.2, 0.25) is 0 Å². The van der Waals surface area contributed by atoms with Crippen molar-refractivity contribution < 1.29 is 14.5 Å². The van der Waals surface area contributed by atoms with Crippen LogP contribution in [-0.2, 0) is 4.74 Å². The number of rotatable bonds is 3. The largest absolute Gasteiger partial charge is 0.438 e. The van der Waals surface area contributed by atoms with E-state index in [0.717, 1.165) is 12.8 Å². The zero-order chi connectivity index (χ0) is 15.9. The summed E-state index contributed by atoms with van der Waals surface area (Å²) in [5.41, 5.74) is 0.243. The summed E-state index contributed by atoms with van der Waals surface area (Å²) in [6.07, 6.45) is 5.66. The SMILES string of the molecule is CC1(C)[C@@H]2C=CN1[C@H](OC(=O)c1ccc([N+](=O)[O-])cc1)CC2. The predicted octanol–water partition coefficient (Wildman–Crippen LogP) is 3.10. The Morgan fingerprint density at radius 1 is 1.32 bits per heavy atom. The van der Waals surface area contributed by atoms with Gasteiger partial charge in [-0.3, -0.25) is 10.1 Å². The smallest absolute Gasteiger partial charge is 0.340 e. The van der Waals surface area contributed by atoms with Crippen molar-refractivity contribution in [1.29, 1.82) is 0 Å². The Hall–Kier alpha value is -2.37. The zero-order valence-corrected chi connectivity index (χ0v) is 12.6. The summed E-state index contributed by atoms with van der Waals surface area (Å²) in [7, 11) is 0. The fraction of sp³-hybridized carbons (Fsp3) is 0.438. The highest BCUT2D eigenvalue weighted by Gasteiger charge is 2.45. The number of piperidine rings is 1. The van der Waals surface area contributed by atoms with Crippen molar-refractivity contribution in [2.24, 2.45) is 5.92 Å². The number of hydrogen-bond donors (Lipinski definition) is 0. The van der Waals surface area contributed by atoms with Gasteiger partial charge in [-0.15, -0.1) is 0 Å². The monoisotopic (exact) mass is 302 g/mol. The van der Waals surface area contributed by atoms with E-state index < -0.39 is 10.9 Å². The lowest BCUT2D eigenvalue weighted by Gasteiger charge is -2.46. The summed E-state index contributed by atoms with van der Waals surface area (Å²) in [6, 6.07) is 5.48. The molecule has 0 unspecified atom stereocenters. The topological polar surface area (TPSA) is 72.7 Å².